The Balaban J connectivity index is 0.00000264. The van der Waals surface area contributed by atoms with Crippen LogP contribution in [0.15, 0.2) is 55.1 Å². The van der Waals surface area contributed by atoms with E-state index in [1.165, 1.54) is 18.1 Å². The molecule has 2 aromatic rings. The number of esters is 1. The third-order valence-corrected chi connectivity index (χ3v) is 3.37. The van der Waals surface area contributed by atoms with E-state index in [9.17, 15) is 14.7 Å². The maximum atomic E-state index is 11.9. The van der Waals surface area contributed by atoms with Crippen LogP contribution in [0.25, 0.3) is 10.8 Å². The molecule has 6 heteroatoms. The predicted octanol–water partition coefficient (Wildman–Crippen LogP) is -1.87. The quantitative estimate of drug-likeness (QED) is 0.354. The molecule has 0 fully saturated rings. The number of ether oxygens (including phenoxy) is 1. The average Bonchev–Trinajstić information content (AvgIpc) is 2.53. The molecular weight excluding hydrogens is 305 g/mol. The van der Waals surface area contributed by atoms with Crippen LogP contribution < -0.4 is 39.6 Å². The molecular formula is C17H16NNaO4. The number of carbonyl (C=O) groups is 2. The van der Waals surface area contributed by atoms with E-state index in [1.54, 1.807) is 6.07 Å². The minimum Gasteiger partial charge on any atom is -0.548 e. The summed E-state index contributed by atoms with van der Waals surface area (Å²) in [4.78, 5) is 24.3. The van der Waals surface area contributed by atoms with Crippen LogP contribution in [-0.2, 0) is 14.3 Å². The Bertz CT molecular complexity index is 717. The van der Waals surface area contributed by atoms with E-state index in [-0.39, 0.29) is 29.6 Å². The molecule has 0 bridgehead atoms. The molecule has 0 amide bonds. The summed E-state index contributed by atoms with van der Waals surface area (Å²) in [6.07, 6.45) is 1.35. The fourth-order valence-corrected chi connectivity index (χ4v) is 2.32. The van der Waals surface area contributed by atoms with Gasteiger partial charge in [-0.3, -0.25) is 0 Å². The standard InChI is InChI=1S/C17H17NO4.Na/c1-3-15(17(21)22-2)18(11-16(19)20)14-9-8-12-6-4-5-7-13(12)10-14;/h3-10,15H,1,11H2,2H3,(H,19,20);/q;+1/p-1. The topological polar surface area (TPSA) is 69.7 Å². The molecule has 0 aliphatic rings. The number of hydrogen-bond acceptors (Lipinski definition) is 5. The van der Waals surface area contributed by atoms with Crippen LogP contribution in [0.5, 0.6) is 0 Å². The van der Waals surface area contributed by atoms with Crippen LogP contribution >= 0.6 is 0 Å². The van der Waals surface area contributed by atoms with Crippen molar-refractivity contribution in [1.29, 1.82) is 0 Å². The van der Waals surface area contributed by atoms with Crippen LogP contribution in [0.3, 0.4) is 0 Å². The van der Waals surface area contributed by atoms with E-state index < -0.39 is 24.5 Å². The molecule has 0 spiro atoms. The van der Waals surface area contributed by atoms with Gasteiger partial charge in [0, 0.05) is 5.69 Å². The van der Waals surface area contributed by atoms with Gasteiger partial charge in [-0.15, -0.1) is 6.58 Å². The van der Waals surface area contributed by atoms with Gasteiger partial charge in [0.2, 0.25) is 0 Å². The smallest absolute Gasteiger partial charge is 0.548 e. The average molecular weight is 321 g/mol. The second-order valence-electron chi connectivity index (χ2n) is 4.74. The minimum absolute atomic E-state index is 0. The summed E-state index contributed by atoms with van der Waals surface area (Å²) in [5.41, 5.74) is 0.582. The number of carboxylic acid groups (broad SMARTS) is 1. The molecule has 0 aliphatic carbocycles. The third kappa shape index (κ3) is 4.58. The minimum atomic E-state index is -1.29. The molecule has 5 nitrogen and oxygen atoms in total. The van der Waals surface area contributed by atoms with Crippen LogP contribution in [0.4, 0.5) is 5.69 Å². The zero-order valence-electron chi connectivity index (χ0n) is 13.2. The van der Waals surface area contributed by atoms with Crippen molar-refractivity contribution in [2.24, 2.45) is 0 Å². The van der Waals surface area contributed by atoms with Crippen molar-refractivity contribution in [1.82, 2.24) is 0 Å². The zero-order chi connectivity index (χ0) is 16.1. The number of benzene rings is 2. The third-order valence-electron chi connectivity index (χ3n) is 3.37. The second-order valence-corrected chi connectivity index (χ2v) is 4.74. The van der Waals surface area contributed by atoms with Gasteiger partial charge in [-0.25, -0.2) is 4.79 Å². The van der Waals surface area contributed by atoms with Crippen molar-refractivity contribution in [2.45, 2.75) is 6.04 Å². The first-order valence-corrected chi connectivity index (χ1v) is 6.72. The van der Waals surface area contributed by atoms with Crippen LogP contribution in [0, 0.1) is 0 Å². The molecule has 0 heterocycles. The Labute approximate surface area is 156 Å². The van der Waals surface area contributed by atoms with Gasteiger partial charge >= 0.3 is 35.5 Å². The number of carbonyl (C=O) groups excluding carboxylic acids is 2. The van der Waals surface area contributed by atoms with Gasteiger partial charge in [0.1, 0.15) is 6.04 Å². The predicted molar refractivity (Wildman–Crippen MR) is 82.3 cm³/mol. The van der Waals surface area contributed by atoms with Gasteiger partial charge in [-0.1, -0.05) is 36.4 Å². The summed E-state index contributed by atoms with van der Waals surface area (Å²) in [5, 5.41) is 13.0. The van der Waals surface area contributed by atoms with Crippen LogP contribution in [-0.4, -0.2) is 31.6 Å². The maximum Gasteiger partial charge on any atom is 1.00 e. The van der Waals surface area contributed by atoms with Gasteiger partial charge in [0.05, 0.1) is 19.6 Å². The van der Waals surface area contributed by atoms with Gasteiger partial charge in [0.25, 0.3) is 0 Å². The van der Waals surface area contributed by atoms with E-state index in [2.05, 4.69) is 6.58 Å². The number of rotatable bonds is 6. The zero-order valence-corrected chi connectivity index (χ0v) is 15.2. The second kappa shape index (κ2) is 8.72. The van der Waals surface area contributed by atoms with Crippen molar-refractivity contribution >= 4 is 28.4 Å². The van der Waals surface area contributed by atoms with Crippen LogP contribution in [0.2, 0.25) is 0 Å². The Morgan fingerprint density at radius 1 is 1.26 bits per heavy atom. The van der Waals surface area contributed by atoms with Gasteiger partial charge < -0.3 is 19.5 Å². The summed E-state index contributed by atoms with van der Waals surface area (Å²) in [6, 6.07) is 12.2. The van der Waals surface area contributed by atoms with Crippen molar-refractivity contribution in [3.8, 4) is 0 Å². The number of hydrogen-bond donors (Lipinski definition) is 0. The number of aliphatic carboxylic acids is 1. The molecule has 0 radical (unpaired) electrons. The first kappa shape index (κ1) is 19.2. The SMILES string of the molecule is C=CC(C(=O)OC)N(CC(=O)[O-])c1ccc2ccccc2c1.[Na+]. The first-order chi connectivity index (χ1) is 10.6. The molecule has 2 rings (SSSR count). The van der Waals surface area contributed by atoms with E-state index in [0.29, 0.717) is 5.69 Å². The van der Waals surface area contributed by atoms with Crippen molar-refractivity contribution in [3.63, 3.8) is 0 Å². The number of fused-ring (bicyclic) bond motifs is 1. The summed E-state index contributed by atoms with van der Waals surface area (Å²) in [6.45, 7) is 3.15. The molecule has 0 N–H and O–H groups in total. The number of methoxy groups -OCH3 is 1. The molecule has 23 heavy (non-hydrogen) atoms. The number of nitrogens with zero attached hydrogens (tertiary/aromatic N) is 1. The van der Waals surface area contributed by atoms with Crippen molar-refractivity contribution in [3.05, 3.63) is 55.1 Å². The molecule has 114 valence electrons. The molecule has 0 saturated heterocycles. The van der Waals surface area contributed by atoms with E-state index in [4.69, 9.17) is 4.74 Å². The fourth-order valence-electron chi connectivity index (χ4n) is 2.32. The normalized spacial score (nSPS) is 11.2. The molecule has 0 aliphatic heterocycles. The molecule has 1 atom stereocenters. The molecule has 2 aromatic carbocycles. The monoisotopic (exact) mass is 321 g/mol. The van der Waals surface area contributed by atoms with Crippen LogP contribution in [0.1, 0.15) is 0 Å². The molecule has 0 aromatic heterocycles. The molecule has 1 unspecified atom stereocenters. The maximum absolute atomic E-state index is 11.9. The summed E-state index contributed by atoms with van der Waals surface area (Å²) in [7, 11) is 1.25. The Morgan fingerprint density at radius 3 is 2.48 bits per heavy atom. The van der Waals surface area contributed by atoms with E-state index in [1.807, 2.05) is 36.4 Å². The fraction of sp³-hybridized carbons (Fsp3) is 0.176. The van der Waals surface area contributed by atoms with Gasteiger partial charge in [0.15, 0.2) is 0 Å². The van der Waals surface area contributed by atoms with Gasteiger partial charge in [-0.2, -0.15) is 0 Å². The van der Waals surface area contributed by atoms with Crippen molar-refractivity contribution < 1.29 is 49.0 Å². The van der Waals surface area contributed by atoms with Crippen molar-refractivity contribution in [2.75, 3.05) is 18.6 Å². The summed E-state index contributed by atoms with van der Waals surface area (Å²) < 4.78 is 4.71. The van der Waals surface area contributed by atoms with E-state index in [0.717, 1.165) is 10.8 Å². The summed E-state index contributed by atoms with van der Waals surface area (Å²) in [5.74, 6) is -1.87. The first-order valence-electron chi connectivity index (χ1n) is 6.72. The number of carboxylic acids is 1. The largest absolute Gasteiger partial charge is 1.00 e. The Morgan fingerprint density at radius 2 is 1.91 bits per heavy atom. The van der Waals surface area contributed by atoms with Gasteiger partial charge in [-0.05, 0) is 22.9 Å². The Kier molecular flexibility index (Phi) is 7.29. The summed E-state index contributed by atoms with van der Waals surface area (Å²) >= 11 is 0. The Hall–Kier alpha value is -1.82. The van der Waals surface area contributed by atoms with E-state index >= 15 is 0 Å². The molecule has 0 saturated carbocycles. The number of anilines is 1.